The standard InChI is InChI=1S/C35H41N3O2/c1-34(2,3)26-17-15-25(16-18-26)33-32-28(21-35(4,5)22-30(32)39)37-27-13-9-10-14-29(27)38(33)23-31(40)36-20-19-24-11-7-6-8-12-24/h6-18,33,37H,19-23H2,1-5H3,(H,36,40). The second kappa shape index (κ2) is 11.0. The quantitative estimate of drug-likeness (QED) is 0.358. The van der Waals surface area contributed by atoms with E-state index in [0.29, 0.717) is 13.0 Å². The molecule has 3 aromatic rings. The highest BCUT2D eigenvalue weighted by atomic mass is 16.2. The molecule has 1 amide bonds. The Hall–Kier alpha value is -3.86. The van der Waals surface area contributed by atoms with Crippen LogP contribution in [0.2, 0.25) is 0 Å². The van der Waals surface area contributed by atoms with Gasteiger partial charge in [-0.3, -0.25) is 9.59 Å². The van der Waals surface area contributed by atoms with Crippen LogP contribution in [-0.2, 0) is 21.4 Å². The van der Waals surface area contributed by atoms with Gasteiger partial charge in [0.05, 0.1) is 24.0 Å². The second-order valence-electron chi connectivity index (χ2n) is 13.0. The van der Waals surface area contributed by atoms with E-state index in [1.54, 1.807) is 0 Å². The Kier molecular flexibility index (Phi) is 7.59. The summed E-state index contributed by atoms with van der Waals surface area (Å²) in [5.74, 6) is 0.0839. The van der Waals surface area contributed by atoms with Crippen LogP contribution >= 0.6 is 0 Å². The number of Topliss-reactive ketones (excluding diaryl/α,β-unsaturated/α-hetero) is 1. The molecule has 1 unspecified atom stereocenters. The number of carbonyl (C=O) groups is 2. The minimum Gasteiger partial charge on any atom is -0.357 e. The fraction of sp³-hybridized carbons (Fsp3) is 0.371. The first kappa shape index (κ1) is 27.7. The van der Waals surface area contributed by atoms with Crippen molar-refractivity contribution in [2.24, 2.45) is 5.41 Å². The number of fused-ring (bicyclic) bond motifs is 1. The highest BCUT2D eigenvalue weighted by Crippen LogP contribution is 2.48. The highest BCUT2D eigenvalue weighted by molar-refractivity contribution is 6.01. The number of allylic oxidation sites excluding steroid dienone is 1. The van der Waals surface area contributed by atoms with Crippen LogP contribution in [0, 0.1) is 5.41 Å². The zero-order chi connectivity index (χ0) is 28.5. The number of para-hydroxylation sites is 2. The number of ketones is 1. The average molecular weight is 536 g/mol. The van der Waals surface area contributed by atoms with Gasteiger partial charge in [-0.25, -0.2) is 0 Å². The molecule has 5 rings (SSSR count). The molecule has 2 aliphatic rings. The van der Waals surface area contributed by atoms with E-state index < -0.39 is 0 Å². The summed E-state index contributed by atoms with van der Waals surface area (Å²) in [5.41, 5.74) is 6.91. The number of anilines is 2. The van der Waals surface area contributed by atoms with E-state index in [2.05, 4.69) is 86.6 Å². The summed E-state index contributed by atoms with van der Waals surface area (Å²) < 4.78 is 0. The van der Waals surface area contributed by atoms with Crippen molar-refractivity contribution < 1.29 is 9.59 Å². The molecule has 1 atom stereocenters. The van der Waals surface area contributed by atoms with E-state index in [9.17, 15) is 9.59 Å². The Labute approximate surface area is 238 Å². The number of nitrogens with zero attached hydrogens (tertiary/aromatic N) is 1. The van der Waals surface area contributed by atoms with Crippen LogP contribution in [0.3, 0.4) is 0 Å². The lowest BCUT2D eigenvalue weighted by atomic mass is 9.73. The maximum Gasteiger partial charge on any atom is 0.239 e. The summed E-state index contributed by atoms with van der Waals surface area (Å²) in [7, 11) is 0. The molecule has 5 nitrogen and oxygen atoms in total. The molecule has 0 fully saturated rings. The van der Waals surface area contributed by atoms with E-state index in [1.807, 2.05) is 42.5 Å². The highest BCUT2D eigenvalue weighted by Gasteiger charge is 2.42. The summed E-state index contributed by atoms with van der Waals surface area (Å²) in [4.78, 5) is 29.5. The zero-order valence-corrected chi connectivity index (χ0v) is 24.4. The number of rotatable bonds is 6. The average Bonchev–Trinajstić information content (AvgIpc) is 3.02. The van der Waals surface area contributed by atoms with Crippen molar-refractivity contribution >= 4 is 23.1 Å². The van der Waals surface area contributed by atoms with E-state index in [1.165, 1.54) is 11.1 Å². The number of nitrogens with one attached hydrogen (secondary N) is 2. The fourth-order valence-electron chi connectivity index (χ4n) is 5.94. The summed E-state index contributed by atoms with van der Waals surface area (Å²) in [6.07, 6.45) is 2.03. The zero-order valence-electron chi connectivity index (χ0n) is 24.4. The first-order valence-corrected chi connectivity index (χ1v) is 14.3. The molecular formula is C35H41N3O2. The van der Waals surface area contributed by atoms with Gasteiger partial charge in [-0.05, 0) is 52.5 Å². The molecule has 208 valence electrons. The normalized spacial score (nSPS) is 18.4. The Morgan fingerprint density at radius 3 is 2.33 bits per heavy atom. The third-order valence-electron chi connectivity index (χ3n) is 7.99. The monoisotopic (exact) mass is 535 g/mol. The van der Waals surface area contributed by atoms with Crippen molar-refractivity contribution in [2.75, 3.05) is 23.3 Å². The molecule has 1 heterocycles. The fourth-order valence-corrected chi connectivity index (χ4v) is 5.94. The van der Waals surface area contributed by atoms with E-state index in [-0.39, 0.29) is 35.1 Å². The summed E-state index contributed by atoms with van der Waals surface area (Å²) in [5, 5.41) is 6.76. The molecule has 2 N–H and O–H groups in total. The van der Waals surface area contributed by atoms with Gasteiger partial charge in [0, 0.05) is 24.2 Å². The third kappa shape index (κ3) is 5.99. The first-order valence-electron chi connectivity index (χ1n) is 14.3. The van der Waals surface area contributed by atoms with Crippen molar-refractivity contribution in [3.05, 3.63) is 107 Å². The second-order valence-corrected chi connectivity index (χ2v) is 13.0. The summed E-state index contributed by atoms with van der Waals surface area (Å²) in [6.45, 7) is 11.6. The minimum atomic E-state index is -0.372. The molecule has 1 aliphatic carbocycles. The number of carbonyl (C=O) groups excluding carboxylic acids is 2. The molecule has 40 heavy (non-hydrogen) atoms. The maximum atomic E-state index is 13.9. The van der Waals surface area contributed by atoms with Crippen molar-refractivity contribution in [1.82, 2.24) is 5.32 Å². The minimum absolute atomic E-state index is 0.0174. The molecule has 0 bridgehead atoms. The molecule has 1 aliphatic heterocycles. The van der Waals surface area contributed by atoms with E-state index in [4.69, 9.17) is 0 Å². The smallest absolute Gasteiger partial charge is 0.239 e. The van der Waals surface area contributed by atoms with Crippen LogP contribution < -0.4 is 15.5 Å². The van der Waals surface area contributed by atoms with Gasteiger partial charge in [-0.2, -0.15) is 0 Å². The van der Waals surface area contributed by atoms with Gasteiger partial charge in [-0.1, -0.05) is 101 Å². The van der Waals surface area contributed by atoms with Crippen molar-refractivity contribution in [1.29, 1.82) is 0 Å². The molecule has 0 aromatic heterocycles. The Morgan fingerprint density at radius 2 is 1.62 bits per heavy atom. The maximum absolute atomic E-state index is 13.9. The first-order chi connectivity index (χ1) is 19.0. The van der Waals surface area contributed by atoms with E-state index in [0.717, 1.165) is 41.1 Å². The van der Waals surface area contributed by atoms with Crippen molar-refractivity contribution in [2.45, 2.75) is 65.3 Å². The lowest BCUT2D eigenvalue weighted by Crippen LogP contribution is -2.42. The Balaban J connectivity index is 1.54. The van der Waals surface area contributed by atoms with Gasteiger partial charge in [0.1, 0.15) is 0 Å². The van der Waals surface area contributed by atoms with E-state index >= 15 is 0 Å². The topological polar surface area (TPSA) is 61.4 Å². The Morgan fingerprint density at radius 1 is 0.950 bits per heavy atom. The predicted octanol–water partition coefficient (Wildman–Crippen LogP) is 6.96. The van der Waals surface area contributed by atoms with Gasteiger partial charge in [0.25, 0.3) is 0 Å². The SMILES string of the molecule is CC1(C)CC(=O)C2=C(C1)Nc1ccccc1N(CC(=O)NCCc1ccccc1)C2c1ccc(C(C)(C)C)cc1. The largest absolute Gasteiger partial charge is 0.357 e. The van der Waals surface area contributed by atoms with Gasteiger partial charge in [0.2, 0.25) is 5.91 Å². The number of benzene rings is 3. The number of hydrogen-bond donors (Lipinski definition) is 2. The summed E-state index contributed by atoms with van der Waals surface area (Å²) >= 11 is 0. The lowest BCUT2D eigenvalue weighted by Gasteiger charge is -2.38. The van der Waals surface area contributed by atoms with Crippen molar-refractivity contribution in [3.63, 3.8) is 0 Å². The molecule has 0 saturated carbocycles. The summed E-state index contributed by atoms with van der Waals surface area (Å²) in [6, 6.07) is 26.5. The van der Waals surface area contributed by atoms with Gasteiger partial charge >= 0.3 is 0 Å². The van der Waals surface area contributed by atoms with Crippen LogP contribution in [0.4, 0.5) is 11.4 Å². The van der Waals surface area contributed by atoms with Crippen LogP contribution in [0.15, 0.2) is 90.1 Å². The number of hydrogen-bond acceptors (Lipinski definition) is 4. The van der Waals surface area contributed by atoms with Gasteiger partial charge in [-0.15, -0.1) is 0 Å². The van der Waals surface area contributed by atoms with Crippen molar-refractivity contribution in [3.8, 4) is 0 Å². The molecule has 0 radical (unpaired) electrons. The number of amides is 1. The van der Waals surface area contributed by atoms with Gasteiger partial charge < -0.3 is 15.5 Å². The Bertz CT molecular complexity index is 1410. The molecule has 3 aromatic carbocycles. The molecule has 0 spiro atoms. The molecule has 0 saturated heterocycles. The molecular weight excluding hydrogens is 494 g/mol. The lowest BCUT2D eigenvalue weighted by molar-refractivity contribution is -0.120. The van der Waals surface area contributed by atoms with Crippen LogP contribution in [0.25, 0.3) is 0 Å². The van der Waals surface area contributed by atoms with Crippen LogP contribution in [-0.4, -0.2) is 24.8 Å². The predicted molar refractivity (Wildman–Crippen MR) is 163 cm³/mol. The molecule has 5 heteroatoms. The van der Waals surface area contributed by atoms with Gasteiger partial charge in [0.15, 0.2) is 5.78 Å². The van der Waals surface area contributed by atoms with Crippen LogP contribution in [0.1, 0.15) is 70.2 Å². The van der Waals surface area contributed by atoms with Crippen LogP contribution in [0.5, 0.6) is 0 Å². The third-order valence-corrected chi connectivity index (χ3v) is 7.99.